The van der Waals surface area contributed by atoms with Crippen molar-refractivity contribution in [2.75, 3.05) is 0 Å². The van der Waals surface area contributed by atoms with Crippen molar-refractivity contribution in [1.82, 2.24) is 0 Å². The van der Waals surface area contributed by atoms with Crippen LogP contribution in [0.5, 0.6) is 0 Å². The lowest BCUT2D eigenvalue weighted by Crippen LogP contribution is -2.07. The first-order chi connectivity index (χ1) is 7.70. The average molecular weight is 216 g/mol. The van der Waals surface area contributed by atoms with Crippen molar-refractivity contribution in [2.45, 2.75) is 39.5 Å². The number of rotatable bonds is 4. The van der Waals surface area contributed by atoms with Crippen LogP contribution in [0.4, 0.5) is 0 Å². The third-order valence-corrected chi connectivity index (χ3v) is 3.55. The van der Waals surface area contributed by atoms with E-state index in [1.807, 2.05) is 0 Å². The highest BCUT2D eigenvalue weighted by atomic mass is 14.2. The van der Waals surface area contributed by atoms with Gasteiger partial charge >= 0.3 is 0 Å². The second-order valence-corrected chi connectivity index (χ2v) is 4.65. The average Bonchev–Trinajstić information content (AvgIpc) is 2.27. The van der Waals surface area contributed by atoms with Gasteiger partial charge in [0, 0.05) is 0 Å². The van der Waals surface area contributed by atoms with E-state index in [4.69, 9.17) is 0 Å². The standard InChI is InChI=1S/C16H24/c1-5-13(3)15-11-9-7-8-10-12-16(15)14(4)6-2/h5-8,13-14H,1-2,9-12H2,3-4H3. The predicted octanol–water partition coefficient (Wildman–Crippen LogP) is 5.06. The molecule has 88 valence electrons. The molecule has 16 heavy (non-hydrogen) atoms. The first-order valence-corrected chi connectivity index (χ1v) is 6.32. The van der Waals surface area contributed by atoms with Crippen molar-refractivity contribution in [3.8, 4) is 0 Å². The van der Waals surface area contributed by atoms with E-state index in [-0.39, 0.29) is 0 Å². The summed E-state index contributed by atoms with van der Waals surface area (Å²) in [7, 11) is 0. The van der Waals surface area contributed by atoms with Gasteiger partial charge in [0.2, 0.25) is 0 Å². The van der Waals surface area contributed by atoms with Crippen LogP contribution in [0.1, 0.15) is 39.5 Å². The third kappa shape index (κ3) is 3.23. The Morgan fingerprint density at radius 3 is 1.62 bits per heavy atom. The molecule has 0 amide bonds. The van der Waals surface area contributed by atoms with Crippen molar-refractivity contribution in [2.24, 2.45) is 11.8 Å². The van der Waals surface area contributed by atoms with E-state index in [9.17, 15) is 0 Å². The molecule has 0 saturated carbocycles. The maximum Gasteiger partial charge on any atom is -0.00513 e. The minimum atomic E-state index is 0.504. The monoisotopic (exact) mass is 216 g/mol. The molecule has 1 rings (SSSR count). The van der Waals surface area contributed by atoms with E-state index in [2.05, 4.69) is 51.3 Å². The van der Waals surface area contributed by atoms with Crippen molar-refractivity contribution in [3.63, 3.8) is 0 Å². The van der Waals surface area contributed by atoms with Crippen molar-refractivity contribution < 1.29 is 0 Å². The molecule has 0 saturated heterocycles. The Morgan fingerprint density at radius 2 is 1.31 bits per heavy atom. The van der Waals surface area contributed by atoms with Crippen LogP contribution in [-0.4, -0.2) is 0 Å². The highest BCUT2D eigenvalue weighted by molar-refractivity contribution is 5.26. The summed E-state index contributed by atoms with van der Waals surface area (Å²) in [5.74, 6) is 1.01. The summed E-state index contributed by atoms with van der Waals surface area (Å²) in [5.41, 5.74) is 3.18. The van der Waals surface area contributed by atoms with Crippen molar-refractivity contribution in [3.05, 3.63) is 48.6 Å². The molecule has 0 bridgehead atoms. The van der Waals surface area contributed by atoms with E-state index in [0.29, 0.717) is 11.8 Å². The van der Waals surface area contributed by atoms with Gasteiger partial charge in [0.1, 0.15) is 0 Å². The maximum atomic E-state index is 3.93. The second kappa shape index (κ2) is 6.52. The fourth-order valence-electron chi connectivity index (χ4n) is 2.36. The Hall–Kier alpha value is -1.04. The lowest BCUT2D eigenvalue weighted by Gasteiger charge is -2.23. The van der Waals surface area contributed by atoms with E-state index in [1.165, 1.54) is 25.7 Å². The van der Waals surface area contributed by atoms with Gasteiger partial charge in [0.25, 0.3) is 0 Å². The molecule has 0 aromatic carbocycles. The molecule has 0 heterocycles. The van der Waals surface area contributed by atoms with Crippen LogP contribution in [0, 0.1) is 11.8 Å². The summed E-state index contributed by atoms with van der Waals surface area (Å²) in [5, 5.41) is 0. The van der Waals surface area contributed by atoms with Crippen molar-refractivity contribution >= 4 is 0 Å². The van der Waals surface area contributed by atoms with Gasteiger partial charge < -0.3 is 0 Å². The van der Waals surface area contributed by atoms with E-state index >= 15 is 0 Å². The quantitative estimate of drug-likeness (QED) is 0.576. The van der Waals surface area contributed by atoms with Gasteiger partial charge in [-0.2, -0.15) is 0 Å². The Kier molecular flexibility index (Phi) is 5.31. The van der Waals surface area contributed by atoms with Gasteiger partial charge in [-0.3, -0.25) is 0 Å². The van der Waals surface area contributed by atoms with Crippen LogP contribution in [0.2, 0.25) is 0 Å². The molecule has 0 aliphatic heterocycles. The molecule has 1 aliphatic rings. The van der Waals surface area contributed by atoms with Crippen LogP contribution < -0.4 is 0 Å². The predicted molar refractivity (Wildman–Crippen MR) is 73.4 cm³/mol. The fraction of sp³-hybridized carbons (Fsp3) is 0.500. The smallest absolute Gasteiger partial charge is 0.00513 e. The highest BCUT2D eigenvalue weighted by Gasteiger charge is 2.15. The van der Waals surface area contributed by atoms with Gasteiger partial charge in [0.05, 0.1) is 0 Å². The molecule has 1 aliphatic carbocycles. The summed E-state index contributed by atoms with van der Waals surface area (Å²) >= 11 is 0. The molecule has 0 N–H and O–H groups in total. The molecule has 0 spiro atoms. The Bertz CT molecular complexity index is 274. The zero-order chi connectivity index (χ0) is 12.0. The van der Waals surface area contributed by atoms with Gasteiger partial charge in [0.15, 0.2) is 0 Å². The van der Waals surface area contributed by atoms with Gasteiger partial charge in [-0.15, -0.1) is 13.2 Å². The Balaban J connectivity index is 3.02. The zero-order valence-corrected chi connectivity index (χ0v) is 10.7. The fourth-order valence-corrected chi connectivity index (χ4v) is 2.36. The van der Waals surface area contributed by atoms with Crippen LogP contribution in [0.3, 0.4) is 0 Å². The largest absolute Gasteiger partial charge is 0.102 e. The summed E-state index contributed by atoms with van der Waals surface area (Å²) in [4.78, 5) is 0. The minimum Gasteiger partial charge on any atom is -0.102 e. The Morgan fingerprint density at radius 1 is 0.938 bits per heavy atom. The van der Waals surface area contributed by atoms with Crippen LogP contribution in [0.25, 0.3) is 0 Å². The number of hydrogen-bond acceptors (Lipinski definition) is 0. The molecular weight excluding hydrogens is 192 g/mol. The van der Waals surface area contributed by atoms with Gasteiger partial charge in [-0.05, 0) is 37.5 Å². The highest BCUT2D eigenvalue weighted by Crippen LogP contribution is 2.31. The summed E-state index contributed by atoms with van der Waals surface area (Å²) in [6, 6.07) is 0. The maximum absolute atomic E-state index is 3.93. The Labute approximate surface area is 100 Å². The van der Waals surface area contributed by atoms with Crippen molar-refractivity contribution in [1.29, 1.82) is 0 Å². The van der Waals surface area contributed by atoms with Crippen LogP contribution >= 0.6 is 0 Å². The lowest BCUT2D eigenvalue weighted by atomic mass is 9.83. The molecule has 0 fully saturated rings. The zero-order valence-electron chi connectivity index (χ0n) is 10.7. The summed E-state index contributed by atoms with van der Waals surface area (Å²) in [6.45, 7) is 12.4. The number of allylic oxidation sites excluding steroid dienone is 6. The topological polar surface area (TPSA) is 0 Å². The first-order valence-electron chi connectivity index (χ1n) is 6.32. The molecule has 0 heteroatoms. The van der Waals surface area contributed by atoms with E-state index in [1.54, 1.807) is 11.1 Å². The second-order valence-electron chi connectivity index (χ2n) is 4.65. The molecule has 0 radical (unpaired) electrons. The molecule has 0 aromatic heterocycles. The van der Waals surface area contributed by atoms with E-state index < -0.39 is 0 Å². The third-order valence-electron chi connectivity index (χ3n) is 3.55. The lowest BCUT2D eigenvalue weighted by molar-refractivity contribution is 0.680. The molecule has 2 unspecified atom stereocenters. The summed E-state index contributed by atoms with van der Waals surface area (Å²) < 4.78 is 0. The molecular formula is C16H24. The number of hydrogen-bond donors (Lipinski definition) is 0. The SMILES string of the molecule is C=CC(C)C1=C(C(C)C=C)CCC=CCC1. The van der Waals surface area contributed by atoms with E-state index in [0.717, 1.165) is 0 Å². The normalized spacial score (nSPS) is 20.9. The molecule has 0 aromatic rings. The first kappa shape index (κ1) is 13.0. The summed E-state index contributed by atoms with van der Waals surface area (Å²) in [6.07, 6.45) is 13.4. The molecule has 0 nitrogen and oxygen atoms in total. The van der Waals surface area contributed by atoms with Gasteiger partial charge in [-0.25, -0.2) is 0 Å². The minimum absolute atomic E-state index is 0.504. The van der Waals surface area contributed by atoms with Crippen LogP contribution in [0.15, 0.2) is 48.6 Å². The van der Waals surface area contributed by atoms with Gasteiger partial charge in [-0.1, -0.05) is 49.3 Å². The van der Waals surface area contributed by atoms with Crippen LogP contribution in [-0.2, 0) is 0 Å². The molecule has 2 atom stereocenters.